The SMILES string of the molecule is Cc1cccc(-c2nc(CC(=O)N[C@@H]3CCC[C@@H](C(F)(F)F)C3)cs2)c1. The highest BCUT2D eigenvalue weighted by Gasteiger charge is 2.42. The van der Waals surface area contributed by atoms with Gasteiger partial charge in [0.2, 0.25) is 5.91 Å². The molecule has 7 heteroatoms. The summed E-state index contributed by atoms with van der Waals surface area (Å²) in [5.74, 6) is -1.58. The van der Waals surface area contributed by atoms with Crippen LogP contribution in [0.5, 0.6) is 0 Å². The molecule has 1 N–H and O–H groups in total. The summed E-state index contributed by atoms with van der Waals surface area (Å²) in [5.41, 5.74) is 2.78. The summed E-state index contributed by atoms with van der Waals surface area (Å²) < 4.78 is 38.6. The van der Waals surface area contributed by atoms with Crippen LogP contribution in [0.15, 0.2) is 29.6 Å². The first-order valence-electron chi connectivity index (χ1n) is 8.69. The minimum absolute atomic E-state index is 0.0269. The van der Waals surface area contributed by atoms with Crippen LogP contribution in [0, 0.1) is 12.8 Å². The number of alkyl halides is 3. The summed E-state index contributed by atoms with van der Waals surface area (Å²) in [4.78, 5) is 16.7. The molecule has 3 rings (SSSR count). The quantitative estimate of drug-likeness (QED) is 0.817. The molecule has 140 valence electrons. The molecule has 0 unspecified atom stereocenters. The molecule has 0 radical (unpaired) electrons. The van der Waals surface area contributed by atoms with E-state index in [1.165, 1.54) is 11.3 Å². The van der Waals surface area contributed by atoms with Crippen LogP contribution in [0.1, 0.15) is 36.9 Å². The summed E-state index contributed by atoms with van der Waals surface area (Å²) in [6.45, 7) is 2.00. The van der Waals surface area contributed by atoms with Crippen LogP contribution in [-0.4, -0.2) is 23.1 Å². The van der Waals surface area contributed by atoms with Gasteiger partial charge in [-0.2, -0.15) is 13.2 Å². The molecule has 26 heavy (non-hydrogen) atoms. The molecule has 3 nitrogen and oxygen atoms in total. The van der Waals surface area contributed by atoms with Crippen LogP contribution in [0.3, 0.4) is 0 Å². The molecule has 1 aromatic heterocycles. The van der Waals surface area contributed by atoms with Crippen molar-refractivity contribution in [2.24, 2.45) is 5.92 Å². The van der Waals surface area contributed by atoms with Crippen LogP contribution in [-0.2, 0) is 11.2 Å². The van der Waals surface area contributed by atoms with Gasteiger partial charge < -0.3 is 5.32 Å². The van der Waals surface area contributed by atoms with Crippen LogP contribution in [0.2, 0.25) is 0 Å². The molecule has 1 saturated carbocycles. The number of hydrogen-bond acceptors (Lipinski definition) is 3. The predicted molar refractivity (Wildman–Crippen MR) is 95.9 cm³/mol. The monoisotopic (exact) mass is 382 g/mol. The number of halogens is 3. The van der Waals surface area contributed by atoms with E-state index in [0.29, 0.717) is 18.5 Å². The van der Waals surface area contributed by atoms with Crippen molar-refractivity contribution >= 4 is 17.2 Å². The van der Waals surface area contributed by atoms with E-state index in [9.17, 15) is 18.0 Å². The number of rotatable bonds is 4. The van der Waals surface area contributed by atoms with E-state index in [2.05, 4.69) is 10.3 Å². The Labute approximate surface area is 154 Å². The van der Waals surface area contributed by atoms with Crippen molar-refractivity contribution in [2.75, 3.05) is 0 Å². The third-order valence-electron chi connectivity index (χ3n) is 4.66. The van der Waals surface area contributed by atoms with Crippen molar-refractivity contribution in [2.45, 2.75) is 51.2 Å². The van der Waals surface area contributed by atoms with Crippen LogP contribution < -0.4 is 5.32 Å². The predicted octanol–water partition coefficient (Wildman–Crippen LogP) is 4.90. The number of carbonyl (C=O) groups excluding carboxylic acids is 1. The molecule has 1 aromatic carbocycles. The molecule has 2 atom stereocenters. The van der Waals surface area contributed by atoms with Crippen LogP contribution in [0.4, 0.5) is 13.2 Å². The number of benzene rings is 1. The summed E-state index contributed by atoms with van der Waals surface area (Å²) >= 11 is 1.46. The highest BCUT2D eigenvalue weighted by atomic mass is 32.1. The molecular formula is C19H21F3N2OS. The second-order valence-corrected chi connectivity index (χ2v) is 7.72. The molecule has 0 aliphatic heterocycles. The van der Waals surface area contributed by atoms with Crippen molar-refractivity contribution in [3.05, 3.63) is 40.9 Å². The van der Waals surface area contributed by atoms with Gasteiger partial charge in [0.1, 0.15) is 5.01 Å². The zero-order chi connectivity index (χ0) is 18.7. The van der Waals surface area contributed by atoms with E-state index in [0.717, 1.165) is 16.1 Å². The number of carbonyl (C=O) groups is 1. The molecule has 1 aliphatic rings. The summed E-state index contributed by atoms with van der Waals surface area (Å²) in [5, 5.41) is 5.42. The minimum Gasteiger partial charge on any atom is -0.353 e. The number of aryl methyl sites for hydroxylation is 1. The van der Waals surface area contributed by atoms with Crippen molar-refractivity contribution in [3.63, 3.8) is 0 Å². The molecule has 1 fully saturated rings. The van der Waals surface area contributed by atoms with Gasteiger partial charge in [-0.25, -0.2) is 4.98 Å². The van der Waals surface area contributed by atoms with Gasteiger partial charge in [0.15, 0.2) is 0 Å². The fourth-order valence-electron chi connectivity index (χ4n) is 3.36. The maximum absolute atomic E-state index is 12.9. The molecule has 1 amide bonds. The smallest absolute Gasteiger partial charge is 0.353 e. The first-order valence-corrected chi connectivity index (χ1v) is 9.57. The van der Waals surface area contributed by atoms with Gasteiger partial charge in [0.05, 0.1) is 18.0 Å². The fourth-order valence-corrected chi connectivity index (χ4v) is 4.18. The number of thiazole rings is 1. The maximum atomic E-state index is 12.9. The summed E-state index contributed by atoms with van der Waals surface area (Å²) in [6, 6.07) is 7.55. The molecule has 1 heterocycles. The number of amides is 1. The highest BCUT2D eigenvalue weighted by molar-refractivity contribution is 7.13. The molecule has 1 aliphatic carbocycles. The Morgan fingerprint density at radius 2 is 2.15 bits per heavy atom. The van der Waals surface area contributed by atoms with Crippen LogP contribution in [0.25, 0.3) is 10.6 Å². The number of aromatic nitrogens is 1. The standard InChI is InChI=1S/C19H21F3N2OS/c1-12-4-2-5-13(8-12)18-24-16(11-26-18)10-17(25)23-15-7-3-6-14(9-15)19(20,21)22/h2,4-5,8,11,14-15H,3,6-7,9-10H2,1H3,(H,23,25)/t14-,15-/m1/s1. The minimum atomic E-state index is -4.18. The Kier molecular flexibility index (Phi) is 5.65. The van der Waals surface area contributed by atoms with Gasteiger partial charge in [0, 0.05) is 17.0 Å². The second-order valence-electron chi connectivity index (χ2n) is 6.86. The third kappa shape index (κ3) is 4.84. The van der Waals surface area contributed by atoms with Gasteiger partial charge >= 0.3 is 6.18 Å². The van der Waals surface area contributed by atoms with Gasteiger partial charge in [-0.1, -0.05) is 30.2 Å². The van der Waals surface area contributed by atoms with Crippen molar-refractivity contribution in [1.82, 2.24) is 10.3 Å². The average molecular weight is 382 g/mol. The number of hydrogen-bond donors (Lipinski definition) is 1. The number of nitrogens with zero attached hydrogens (tertiary/aromatic N) is 1. The Morgan fingerprint density at radius 3 is 2.88 bits per heavy atom. The van der Waals surface area contributed by atoms with Crippen molar-refractivity contribution < 1.29 is 18.0 Å². The van der Waals surface area contributed by atoms with E-state index < -0.39 is 18.1 Å². The molecule has 0 spiro atoms. The Morgan fingerprint density at radius 1 is 1.35 bits per heavy atom. The van der Waals surface area contributed by atoms with Crippen molar-refractivity contribution in [1.29, 1.82) is 0 Å². The molecule has 0 bridgehead atoms. The van der Waals surface area contributed by atoms with E-state index in [1.54, 1.807) is 0 Å². The van der Waals surface area contributed by atoms with E-state index in [-0.39, 0.29) is 25.2 Å². The lowest BCUT2D eigenvalue weighted by atomic mass is 9.85. The largest absolute Gasteiger partial charge is 0.391 e. The lowest BCUT2D eigenvalue weighted by molar-refractivity contribution is -0.184. The average Bonchev–Trinajstić information content (AvgIpc) is 3.02. The van der Waals surface area contributed by atoms with Crippen LogP contribution >= 0.6 is 11.3 Å². The lowest BCUT2D eigenvalue weighted by Crippen LogP contribution is -2.42. The Hall–Kier alpha value is -1.89. The molecule has 0 saturated heterocycles. The van der Waals surface area contributed by atoms with E-state index >= 15 is 0 Å². The zero-order valence-corrected chi connectivity index (χ0v) is 15.3. The Balaban J connectivity index is 1.57. The number of nitrogens with one attached hydrogen (secondary N) is 1. The van der Waals surface area contributed by atoms with Crippen molar-refractivity contribution in [3.8, 4) is 10.6 Å². The van der Waals surface area contributed by atoms with E-state index in [1.807, 2.05) is 36.6 Å². The fraction of sp³-hybridized carbons (Fsp3) is 0.474. The lowest BCUT2D eigenvalue weighted by Gasteiger charge is -2.31. The molecular weight excluding hydrogens is 361 g/mol. The van der Waals surface area contributed by atoms with Gasteiger partial charge in [-0.05, 0) is 32.3 Å². The first kappa shape index (κ1) is 18.9. The zero-order valence-electron chi connectivity index (χ0n) is 14.5. The van der Waals surface area contributed by atoms with Gasteiger partial charge in [0.25, 0.3) is 0 Å². The third-order valence-corrected chi connectivity index (χ3v) is 5.60. The summed E-state index contributed by atoms with van der Waals surface area (Å²) in [7, 11) is 0. The van der Waals surface area contributed by atoms with Gasteiger partial charge in [-0.15, -0.1) is 11.3 Å². The highest BCUT2D eigenvalue weighted by Crippen LogP contribution is 2.37. The Bertz CT molecular complexity index is 772. The first-order chi connectivity index (χ1) is 12.3. The molecule has 2 aromatic rings. The summed E-state index contributed by atoms with van der Waals surface area (Å²) in [6.07, 6.45) is -2.87. The van der Waals surface area contributed by atoms with Gasteiger partial charge in [-0.3, -0.25) is 4.79 Å². The van der Waals surface area contributed by atoms with E-state index in [4.69, 9.17) is 0 Å². The topological polar surface area (TPSA) is 42.0 Å². The normalized spacial score (nSPS) is 20.8. The second kappa shape index (κ2) is 7.78. The maximum Gasteiger partial charge on any atom is 0.391 e.